The molecule has 1 aliphatic heterocycles. The number of amides is 2. The molecule has 1 aromatic carbocycles. The smallest absolute Gasteiger partial charge is 0.272 e. The number of nitrogens with one attached hydrogen (secondary N) is 2. The van der Waals surface area contributed by atoms with Crippen LogP contribution in [0.2, 0.25) is 0 Å². The number of para-hydroxylation sites is 1. The highest BCUT2D eigenvalue weighted by atomic mass is 16.2. The molecule has 0 bridgehead atoms. The predicted octanol–water partition coefficient (Wildman–Crippen LogP) is 2.60. The molecule has 132 valence electrons. The summed E-state index contributed by atoms with van der Waals surface area (Å²) in [5.74, 6) is -0.152. The lowest BCUT2D eigenvalue weighted by Crippen LogP contribution is -2.46. The van der Waals surface area contributed by atoms with E-state index in [0.29, 0.717) is 24.5 Å². The Morgan fingerprint density at radius 3 is 2.62 bits per heavy atom. The summed E-state index contributed by atoms with van der Waals surface area (Å²) in [6.45, 7) is 1.23. The topological polar surface area (TPSA) is 78.1 Å². The van der Waals surface area contributed by atoms with Gasteiger partial charge in [0.1, 0.15) is 11.4 Å². The molecule has 1 saturated heterocycles. The lowest BCUT2D eigenvalue weighted by molar-refractivity contribution is 0.0692. The van der Waals surface area contributed by atoms with Crippen LogP contribution in [0, 0.1) is 0 Å². The van der Waals surface area contributed by atoms with Gasteiger partial charge >= 0.3 is 0 Å². The summed E-state index contributed by atoms with van der Waals surface area (Å²) in [7, 11) is 0. The Morgan fingerprint density at radius 2 is 1.85 bits per heavy atom. The lowest BCUT2D eigenvalue weighted by atomic mass is 10.0. The highest BCUT2D eigenvalue weighted by molar-refractivity contribution is 5.95. The minimum absolute atomic E-state index is 0.0510. The molecule has 4 rings (SSSR count). The quantitative estimate of drug-likeness (QED) is 0.764. The summed E-state index contributed by atoms with van der Waals surface area (Å²) in [6, 6.07) is 15.1. The molecule has 6 heteroatoms. The molecule has 0 unspecified atom stereocenters. The number of rotatable bonds is 3. The van der Waals surface area contributed by atoms with Crippen molar-refractivity contribution in [3.8, 4) is 0 Å². The molecule has 0 spiro atoms. The van der Waals surface area contributed by atoms with Gasteiger partial charge in [-0.25, -0.2) is 4.98 Å². The number of carbonyl (C=O) groups is 2. The Hall–Kier alpha value is -3.15. The van der Waals surface area contributed by atoms with Crippen molar-refractivity contribution in [1.29, 1.82) is 0 Å². The second-order valence-corrected chi connectivity index (χ2v) is 6.51. The number of hydrogen-bond acceptors (Lipinski definition) is 3. The number of hydrogen-bond donors (Lipinski definition) is 2. The van der Waals surface area contributed by atoms with E-state index in [0.717, 1.165) is 23.7 Å². The number of pyridine rings is 1. The van der Waals surface area contributed by atoms with E-state index in [1.807, 2.05) is 35.2 Å². The number of likely N-dealkylation sites (tertiary alicyclic amines) is 1. The first-order chi connectivity index (χ1) is 12.7. The van der Waals surface area contributed by atoms with Crippen molar-refractivity contribution in [3.05, 3.63) is 66.1 Å². The molecular formula is C20H20N4O2. The van der Waals surface area contributed by atoms with Gasteiger partial charge in [-0.1, -0.05) is 24.3 Å². The average Bonchev–Trinajstić information content (AvgIpc) is 3.23. The standard InChI is InChI=1S/C20H20N4O2/c25-19(17-6-3-11-21-17)22-15-9-12-24(13-10-15)20(26)18-8-7-14-4-1-2-5-16(14)23-18/h1-8,11,15,21H,9-10,12-13H2,(H,22,25). The van der Waals surface area contributed by atoms with Crippen LogP contribution in [-0.2, 0) is 0 Å². The maximum absolute atomic E-state index is 12.7. The van der Waals surface area contributed by atoms with Crippen LogP contribution >= 0.6 is 0 Å². The van der Waals surface area contributed by atoms with Crippen LogP contribution in [0.15, 0.2) is 54.7 Å². The highest BCUT2D eigenvalue weighted by Crippen LogP contribution is 2.16. The van der Waals surface area contributed by atoms with Gasteiger partial charge in [0, 0.05) is 30.7 Å². The maximum Gasteiger partial charge on any atom is 0.272 e. The second kappa shape index (κ2) is 7.00. The van der Waals surface area contributed by atoms with Gasteiger partial charge in [0.15, 0.2) is 0 Å². The number of H-pyrrole nitrogens is 1. The van der Waals surface area contributed by atoms with Crippen LogP contribution in [0.5, 0.6) is 0 Å². The predicted molar refractivity (Wildman–Crippen MR) is 98.9 cm³/mol. The monoisotopic (exact) mass is 348 g/mol. The van der Waals surface area contributed by atoms with Gasteiger partial charge in [-0.2, -0.15) is 0 Å². The molecule has 2 aromatic heterocycles. The van der Waals surface area contributed by atoms with Crippen LogP contribution in [0.25, 0.3) is 10.9 Å². The molecule has 0 aliphatic carbocycles. The van der Waals surface area contributed by atoms with Crippen molar-refractivity contribution >= 4 is 22.7 Å². The second-order valence-electron chi connectivity index (χ2n) is 6.51. The minimum atomic E-state index is -0.101. The summed E-state index contributed by atoms with van der Waals surface area (Å²) < 4.78 is 0. The zero-order chi connectivity index (χ0) is 17.9. The Balaban J connectivity index is 1.37. The fraction of sp³-hybridized carbons (Fsp3) is 0.250. The molecule has 26 heavy (non-hydrogen) atoms. The summed E-state index contributed by atoms with van der Waals surface area (Å²) in [5, 5.41) is 4.04. The normalized spacial score (nSPS) is 15.2. The first-order valence-corrected chi connectivity index (χ1v) is 8.80. The Bertz CT molecular complexity index is 928. The number of aromatic nitrogens is 2. The molecule has 2 amide bonds. The van der Waals surface area contributed by atoms with E-state index in [2.05, 4.69) is 15.3 Å². The fourth-order valence-corrected chi connectivity index (χ4v) is 3.31. The molecule has 3 aromatic rings. The molecule has 6 nitrogen and oxygen atoms in total. The largest absolute Gasteiger partial charge is 0.357 e. The number of benzene rings is 1. The Labute approximate surface area is 151 Å². The fourth-order valence-electron chi connectivity index (χ4n) is 3.31. The van der Waals surface area contributed by atoms with Crippen molar-refractivity contribution in [2.75, 3.05) is 13.1 Å². The molecule has 2 N–H and O–H groups in total. The third-order valence-corrected chi connectivity index (χ3v) is 4.78. The van der Waals surface area contributed by atoms with Gasteiger partial charge in [-0.05, 0) is 37.1 Å². The van der Waals surface area contributed by atoms with Crippen LogP contribution in [-0.4, -0.2) is 45.8 Å². The van der Waals surface area contributed by atoms with Gasteiger partial charge in [0.25, 0.3) is 11.8 Å². The van der Waals surface area contributed by atoms with Gasteiger partial charge in [0.2, 0.25) is 0 Å². The summed E-state index contributed by atoms with van der Waals surface area (Å²) in [4.78, 5) is 34.0. The number of fused-ring (bicyclic) bond motifs is 1. The average molecular weight is 348 g/mol. The van der Waals surface area contributed by atoms with Gasteiger partial charge in [-0.3, -0.25) is 9.59 Å². The minimum Gasteiger partial charge on any atom is -0.357 e. The molecule has 1 aliphatic rings. The zero-order valence-electron chi connectivity index (χ0n) is 14.3. The Kier molecular flexibility index (Phi) is 4.39. The van der Waals surface area contributed by atoms with Crippen LogP contribution in [0.4, 0.5) is 0 Å². The molecule has 3 heterocycles. The van der Waals surface area contributed by atoms with Crippen LogP contribution in [0.3, 0.4) is 0 Å². The number of carbonyl (C=O) groups excluding carboxylic acids is 2. The van der Waals surface area contributed by atoms with Gasteiger partial charge in [0.05, 0.1) is 5.52 Å². The number of piperidine rings is 1. The summed E-state index contributed by atoms with van der Waals surface area (Å²) >= 11 is 0. The third-order valence-electron chi connectivity index (χ3n) is 4.78. The van der Waals surface area contributed by atoms with Crippen molar-refractivity contribution < 1.29 is 9.59 Å². The van der Waals surface area contributed by atoms with E-state index < -0.39 is 0 Å². The van der Waals surface area contributed by atoms with Crippen LogP contribution in [0.1, 0.15) is 33.8 Å². The molecule has 0 atom stereocenters. The zero-order valence-corrected chi connectivity index (χ0v) is 14.3. The van der Waals surface area contributed by atoms with Gasteiger partial charge < -0.3 is 15.2 Å². The summed E-state index contributed by atoms with van der Waals surface area (Å²) in [6.07, 6.45) is 3.21. The van der Waals surface area contributed by atoms with E-state index in [1.54, 1.807) is 24.4 Å². The van der Waals surface area contributed by atoms with Crippen molar-refractivity contribution in [3.63, 3.8) is 0 Å². The molecular weight excluding hydrogens is 328 g/mol. The highest BCUT2D eigenvalue weighted by Gasteiger charge is 2.25. The first kappa shape index (κ1) is 16.3. The van der Waals surface area contributed by atoms with E-state index in [1.165, 1.54) is 0 Å². The molecule has 0 radical (unpaired) electrons. The third kappa shape index (κ3) is 3.31. The van der Waals surface area contributed by atoms with E-state index in [4.69, 9.17) is 0 Å². The van der Waals surface area contributed by atoms with E-state index in [9.17, 15) is 9.59 Å². The van der Waals surface area contributed by atoms with Crippen molar-refractivity contribution in [1.82, 2.24) is 20.2 Å². The maximum atomic E-state index is 12.7. The summed E-state index contributed by atoms with van der Waals surface area (Å²) in [5.41, 5.74) is 1.85. The first-order valence-electron chi connectivity index (χ1n) is 8.80. The van der Waals surface area contributed by atoms with Crippen molar-refractivity contribution in [2.24, 2.45) is 0 Å². The van der Waals surface area contributed by atoms with E-state index >= 15 is 0 Å². The molecule has 0 saturated carbocycles. The molecule has 1 fully saturated rings. The lowest BCUT2D eigenvalue weighted by Gasteiger charge is -2.32. The van der Waals surface area contributed by atoms with Crippen molar-refractivity contribution in [2.45, 2.75) is 18.9 Å². The SMILES string of the molecule is O=C(NC1CCN(C(=O)c2ccc3ccccc3n2)CC1)c1ccc[nH]1. The van der Waals surface area contributed by atoms with Crippen LogP contribution < -0.4 is 5.32 Å². The number of aromatic amines is 1. The van der Waals surface area contributed by atoms with Gasteiger partial charge in [-0.15, -0.1) is 0 Å². The number of nitrogens with zero attached hydrogens (tertiary/aromatic N) is 2. The van der Waals surface area contributed by atoms with E-state index in [-0.39, 0.29) is 17.9 Å². The Morgan fingerprint density at radius 1 is 1.04 bits per heavy atom.